The fourth-order valence-electron chi connectivity index (χ4n) is 3.42. The summed E-state index contributed by atoms with van der Waals surface area (Å²) in [7, 11) is 3.66. The Balaban J connectivity index is 0.00000364. The van der Waals surface area contributed by atoms with Gasteiger partial charge < -0.3 is 15.5 Å². The van der Waals surface area contributed by atoms with Crippen LogP contribution >= 0.6 is 35.6 Å². The molecule has 0 unspecified atom stereocenters. The molecule has 1 aromatic rings. The molecule has 2 rings (SSSR count). The Labute approximate surface area is 184 Å². The minimum absolute atomic E-state index is 0. The smallest absolute Gasteiger partial charge is 0.230 e. The first kappa shape index (κ1) is 23.9. The van der Waals surface area contributed by atoms with Crippen molar-refractivity contribution in [2.24, 2.45) is 10.4 Å². The number of guanidine groups is 1. The number of nitrogens with zero attached hydrogens (tertiary/aromatic N) is 3. The second-order valence-corrected chi connectivity index (χ2v) is 7.44. The van der Waals surface area contributed by atoms with E-state index in [2.05, 4.69) is 15.6 Å². The van der Waals surface area contributed by atoms with Crippen molar-refractivity contribution in [1.29, 1.82) is 0 Å². The third-order valence-electron chi connectivity index (χ3n) is 4.80. The van der Waals surface area contributed by atoms with Crippen LogP contribution in [-0.4, -0.2) is 55.5 Å². The maximum atomic E-state index is 12.7. The molecule has 2 N–H and O–H groups in total. The van der Waals surface area contributed by atoms with Crippen molar-refractivity contribution >= 4 is 47.4 Å². The number of halogens is 2. The maximum absolute atomic E-state index is 12.7. The summed E-state index contributed by atoms with van der Waals surface area (Å²) in [5, 5.41) is 7.11. The normalized spacial score (nSPS) is 15.8. The largest absolute Gasteiger partial charge is 0.357 e. The van der Waals surface area contributed by atoms with Crippen molar-refractivity contribution in [1.82, 2.24) is 20.5 Å². The molecule has 0 aliphatic heterocycles. The Hall–Kier alpha value is -1.09. The van der Waals surface area contributed by atoms with Gasteiger partial charge in [-0.1, -0.05) is 30.5 Å². The average molecular weight is 508 g/mol. The van der Waals surface area contributed by atoms with Gasteiger partial charge >= 0.3 is 0 Å². The summed E-state index contributed by atoms with van der Waals surface area (Å²) in [4.78, 5) is 23.2. The summed E-state index contributed by atoms with van der Waals surface area (Å²) in [5.41, 5.74) is 0.777. The zero-order valence-electron chi connectivity index (χ0n) is 16.4. The molecule has 0 atom stereocenters. The van der Waals surface area contributed by atoms with Gasteiger partial charge in [0.1, 0.15) is 5.15 Å². The first-order valence-corrected chi connectivity index (χ1v) is 9.69. The standard InChI is InChI=1S/C19H30ClN5O.HI/c1-4-21-18(22-12-9-15-7-8-16(20)23-13-15)24-14-19(10-5-6-11-19)17(26)25(2)3;/h7-8,13H,4-6,9-12,14H2,1-3H3,(H2,21,22,24);1H. The van der Waals surface area contributed by atoms with Crippen LogP contribution in [0.5, 0.6) is 0 Å². The molecular formula is C19H31ClIN5O. The molecule has 27 heavy (non-hydrogen) atoms. The van der Waals surface area contributed by atoms with Crippen molar-refractivity contribution in [3.8, 4) is 0 Å². The zero-order chi connectivity index (χ0) is 19.0. The second kappa shape index (κ2) is 11.7. The van der Waals surface area contributed by atoms with Crippen molar-refractivity contribution < 1.29 is 4.79 Å². The second-order valence-electron chi connectivity index (χ2n) is 7.05. The predicted molar refractivity (Wildman–Crippen MR) is 122 cm³/mol. The van der Waals surface area contributed by atoms with E-state index in [0.717, 1.165) is 56.7 Å². The van der Waals surface area contributed by atoms with Gasteiger partial charge in [-0.2, -0.15) is 0 Å². The van der Waals surface area contributed by atoms with Crippen molar-refractivity contribution in [3.63, 3.8) is 0 Å². The van der Waals surface area contributed by atoms with Gasteiger partial charge in [0.15, 0.2) is 5.96 Å². The Kier molecular flexibility index (Phi) is 10.4. The van der Waals surface area contributed by atoms with Gasteiger partial charge in [0.2, 0.25) is 5.91 Å². The van der Waals surface area contributed by atoms with Gasteiger partial charge in [0.25, 0.3) is 0 Å². The van der Waals surface area contributed by atoms with E-state index in [4.69, 9.17) is 16.6 Å². The van der Waals surface area contributed by atoms with Gasteiger partial charge in [-0.3, -0.25) is 9.79 Å². The van der Waals surface area contributed by atoms with Gasteiger partial charge in [0.05, 0.1) is 12.0 Å². The molecule has 0 spiro atoms. The predicted octanol–water partition coefficient (Wildman–Crippen LogP) is 3.10. The molecule has 1 amide bonds. The summed E-state index contributed by atoms with van der Waals surface area (Å²) in [6.07, 6.45) is 6.66. The highest BCUT2D eigenvalue weighted by Crippen LogP contribution is 2.39. The number of pyridine rings is 1. The summed E-state index contributed by atoms with van der Waals surface area (Å²) in [5.74, 6) is 0.953. The van der Waals surface area contributed by atoms with Gasteiger partial charge in [-0.05, 0) is 37.8 Å². The van der Waals surface area contributed by atoms with E-state index in [1.54, 1.807) is 17.2 Å². The molecule has 0 aromatic carbocycles. The number of carbonyl (C=O) groups excluding carboxylic acids is 1. The summed E-state index contributed by atoms with van der Waals surface area (Å²) >= 11 is 5.81. The van der Waals surface area contributed by atoms with Gasteiger partial charge in [-0.25, -0.2) is 4.98 Å². The molecular weight excluding hydrogens is 477 g/mol. The van der Waals surface area contributed by atoms with E-state index in [9.17, 15) is 4.79 Å². The van der Waals surface area contributed by atoms with Crippen LogP contribution in [0.25, 0.3) is 0 Å². The zero-order valence-corrected chi connectivity index (χ0v) is 19.5. The lowest BCUT2D eigenvalue weighted by Gasteiger charge is -2.29. The summed E-state index contributed by atoms with van der Waals surface area (Å²) < 4.78 is 0. The molecule has 1 aliphatic carbocycles. The molecule has 1 aliphatic rings. The minimum Gasteiger partial charge on any atom is -0.357 e. The van der Waals surface area contributed by atoms with Crippen LogP contribution in [-0.2, 0) is 11.2 Å². The number of hydrogen-bond acceptors (Lipinski definition) is 3. The maximum Gasteiger partial charge on any atom is 0.230 e. The monoisotopic (exact) mass is 507 g/mol. The lowest BCUT2D eigenvalue weighted by atomic mass is 9.85. The summed E-state index contributed by atoms with van der Waals surface area (Å²) in [6.45, 7) is 4.09. The van der Waals surface area contributed by atoms with Crippen molar-refractivity contribution in [3.05, 3.63) is 29.0 Å². The molecule has 0 bridgehead atoms. The molecule has 0 saturated heterocycles. The van der Waals surface area contributed by atoms with Crippen LogP contribution in [0.4, 0.5) is 0 Å². The Morgan fingerprint density at radius 1 is 1.30 bits per heavy atom. The molecule has 0 radical (unpaired) electrons. The first-order chi connectivity index (χ1) is 12.5. The van der Waals surface area contributed by atoms with E-state index in [-0.39, 0.29) is 35.3 Å². The molecule has 1 saturated carbocycles. The van der Waals surface area contributed by atoms with Crippen LogP contribution in [0.1, 0.15) is 38.2 Å². The van der Waals surface area contributed by atoms with E-state index in [1.807, 2.05) is 27.1 Å². The topological polar surface area (TPSA) is 69.6 Å². The average Bonchev–Trinajstić information content (AvgIpc) is 3.10. The van der Waals surface area contributed by atoms with Crippen LogP contribution in [0.2, 0.25) is 5.15 Å². The first-order valence-electron chi connectivity index (χ1n) is 9.31. The Bertz CT molecular complexity index is 615. The number of aromatic nitrogens is 1. The fraction of sp³-hybridized carbons (Fsp3) is 0.632. The molecule has 1 aromatic heterocycles. The number of hydrogen-bond donors (Lipinski definition) is 2. The summed E-state index contributed by atoms with van der Waals surface area (Å²) in [6, 6.07) is 3.78. The number of aliphatic imine (C=N–C) groups is 1. The van der Waals surface area contributed by atoms with Crippen molar-refractivity contribution in [2.45, 2.75) is 39.0 Å². The number of nitrogens with one attached hydrogen (secondary N) is 2. The van der Waals surface area contributed by atoms with E-state index < -0.39 is 0 Å². The van der Waals surface area contributed by atoms with E-state index in [1.165, 1.54) is 0 Å². The Morgan fingerprint density at radius 3 is 2.56 bits per heavy atom. The van der Waals surface area contributed by atoms with Crippen LogP contribution in [0, 0.1) is 5.41 Å². The highest BCUT2D eigenvalue weighted by molar-refractivity contribution is 14.0. The highest BCUT2D eigenvalue weighted by atomic mass is 127. The fourth-order valence-corrected chi connectivity index (χ4v) is 3.53. The lowest BCUT2D eigenvalue weighted by molar-refractivity contribution is -0.138. The van der Waals surface area contributed by atoms with Gasteiger partial charge in [0, 0.05) is 33.4 Å². The number of carbonyl (C=O) groups is 1. The lowest BCUT2D eigenvalue weighted by Crippen LogP contribution is -2.43. The number of amides is 1. The highest BCUT2D eigenvalue weighted by Gasteiger charge is 2.41. The molecule has 6 nitrogen and oxygen atoms in total. The van der Waals surface area contributed by atoms with Gasteiger partial charge in [-0.15, -0.1) is 24.0 Å². The van der Waals surface area contributed by atoms with E-state index in [0.29, 0.717) is 11.7 Å². The Morgan fingerprint density at radius 2 is 2.00 bits per heavy atom. The minimum atomic E-state index is -0.341. The molecule has 1 heterocycles. The third-order valence-corrected chi connectivity index (χ3v) is 5.02. The van der Waals surface area contributed by atoms with Crippen LogP contribution < -0.4 is 10.6 Å². The molecule has 8 heteroatoms. The molecule has 1 fully saturated rings. The van der Waals surface area contributed by atoms with Crippen LogP contribution in [0.15, 0.2) is 23.3 Å². The van der Waals surface area contributed by atoms with Crippen molar-refractivity contribution in [2.75, 3.05) is 33.7 Å². The van der Waals surface area contributed by atoms with Crippen LogP contribution in [0.3, 0.4) is 0 Å². The SMILES string of the molecule is CCNC(=NCC1(C(=O)N(C)C)CCCC1)NCCc1ccc(Cl)nc1.I. The molecule has 152 valence electrons. The number of rotatable bonds is 7. The third kappa shape index (κ3) is 7.10. The quantitative estimate of drug-likeness (QED) is 0.258. The van der Waals surface area contributed by atoms with E-state index >= 15 is 0 Å².